The van der Waals surface area contributed by atoms with Gasteiger partial charge in [0, 0.05) is 19.7 Å². The number of carbonyl (C=O) groups is 1. The molecular formula is C14H27NO3. The van der Waals surface area contributed by atoms with Crippen LogP contribution in [0.15, 0.2) is 0 Å². The maximum Gasteiger partial charge on any atom is 0.410 e. The Balaban J connectivity index is 2.55. The molecule has 0 aromatic carbocycles. The number of hydrogen-bond acceptors (Lipinski definition) is 3. The quantitative estimate of drug-likeness (QED) is 0.845. The fraction of sp³-hybridized carbons (Fsp3) is 0.929. The zero-order valence-electron chi connectivity index (χ0n) is 12.1. The fourth-order valence-electron chi connectivity index (χ4n) is 2.50. The van der Waals surface area contributed by atoms with Crippen molar-refractivity contribution in [3.8, 4) is 0 Å². The average molecular weight is 257 g/mol. The van der Waals surface area contributed by atoms with Crippen LogP contribution < -0.4 is 0 Å². The molecule has 1 aliphatic rings. The van der Waals surface area contributed by atoms with Crippen LogP contribution in [-0.2, 0) is 4.74 Å². The van der Waals surface area contributed by atoms with E-state index in [1.807, 2.05) is 20.8 Å². The number of ether oxygens (including phenoxy) is 1. The Hall–Kier alpha value is -0.770. The van der Waals surface area contributed by atoms with Crippen molar-refractivity contribution in [2.24, 2.45) is 11.8 Å². The number of likely N-dealkylation sites (tertiary alicyclic amines) is 1. The fourth-order valence-corrected chi connectivity index (χ4v) is 2.50. The van der Waals surface area contributed by atoms with Crippen molar-refractivity contribution in [3.05, 3.63) is 0 Å². The predicted octanol–water partition coefficient (Wildman–Crippen LogP) is 2.65. The molecule has 1 rings (SSSR count). The molecule has 1 heterocycles. The van der Waals surface area contributed by atoms with Gasteiger partial charge in [-0.25, -0.2) is 4.79 Å². The lowest BCUT2D eigenvalue weighted by Gasteiger charge is -2.36. The van der Waals surface area contributed by atoms with Crippen molar-refractivity contribution < 1.29 is 14.6 Å². The first kappa shape index (κ1) is 15.3. The van der Waals surface area contributed by atoms with Crippen LogP contribution in [0.4, 0.5) is 4.79 Å². The zero-order valence-corrected chi connectivity index (χ0v) is 12.1. The van der Waals surface area contributed by atoms with E-state index in [1.165, 1.54) is 0 Å². The molecule has 4 heteroatoms. The van der Waals surface area contributed by atoms with Crippen LogP contribution in [0.2, 0.25) is 0 Å². The van der Waals surface area contributed by atoms with E-state index in [9.17, 15) is 9.90 Å². The molecule has 18 heavy (non-hydrogen) atoms. The number of amides is 1. The van der Waals surface area contributed by atoms with Gasteiger partial charge in [0.1, 0.15) is 5.60 Å². The third kappa shape index (κ3) is 4.48. The van der Waals surface area contributed by atoms with Crippen LogP contribution in [0.1, 0.15) is 47.0 Å². The molecule has 1 fully saturated rings. The van der Waals surface area contributed by atoms with Gasteiger partial charge in [-0.1, -0.05) is 13.3 Å². The molecule has 0 saturated carbocycles. The van der Waals surface area contributed by atoms with E-state index in [4.69, 9.17) is 4.74 Å². The normalized spacial score (nSPS) is 22.7. The Morgan fingerprint density at radius 1 is 1.50 bits per heavy atom. The number of nitrogens with zero attached hydrogens (tertiary/aromatic N) is 1. The predicted molar refractivity (Wildman–Crippen MR) is 71.4 cm³/mol. The van der Waals surface area contributed by atoms with Crippen molar-refractivity contribution in [2.75, 3.05) is 19.7 Å². The molecule has 1 amide bonds. The molecule has 1 aliphatic heterocycles. The minimum absolute atomic E-state index is 0.212. The maximum absolute atomic E-state index is 12.0. The number of aliphatic hydroxyl groups excluding tert-OH is 1. The van der Waals surface area contributed by atoms with Gasteiger partial charge in [-0.15, -0.1) is 0 Å². The van der Waals surface area contributed by atoms with Gasteiger partial charge < -0.3 is 14.7 Å². The number of carbonyl (C=O) groups excluding carboxylic acids is 1. The SMILES string of the molecule is CCC(CO)C1CCCN(C(=O)OC(C)(C)C)C1. The summed E-state index contributed by atoms with van der Waals surface area (Å²) in [5, 5.41) is 9.35. The third-order valence-corrected chi connectivity index (χ3v) is 3.54. The Morgan fingerprint density at radius 3 is 2.67 bits per heavy atom. The highest BCUT2D eigenvalue weighted by molar-refractivity contribution is 5.68. The molecule has 2 atom stereocenters. The maximum atomic E-state index is 12.0. The van der Waals surface area contributed by atoms with Crippen molar-refractivity contribution in [1.29, 1.82) is 0 Å². The van der Waals surface area contributed by atoms with Crippen LogP contribution in [-0.4, -0.2) is 41.4 Å². The second-order valence-corrected chi connectivity index (χ2v) is 6.18. The van der Waals surface area contributed by atoms with E-state index in [0.29, 0.717) is 18.4 Å². The number of piperidine rings is 1. The number of hydrogen-bond donors (Lipinski definition) is 1. The summed E-state index contributed by atoms with van der Waals surface area (Å²) >= 11 is 0. The monoisotopic (exact) mass is 257 g/mol. The Morgan fingerprint density at radius 2 is 2.17 bits per heavy atom. The Bertz CT molecular complexity index is 269. The second-order valence-electron chi connectivity index (χ2n) is 6.18. The summed E-state index contributed by atoms with van der Waals surface area (Å²) in [5.74, 6) is 0.705. The molecule has 1 saturated heterocycles. The van der Waals surface area contributed by atoms with E-state index in [0.717, 1.165) is 25.8 Å². The molecule has 0 aromatic heterocycles. The lowest BCUT2D eigenvalue weighted by molar-refractivity contribution is 0.00986. The molecule has 2 unspecified atom stereocenters. The highest BCUT2D eigenvalue weighted by Crippen LogP contribution is 2.26. The standard InChI is InChI=1S/C14H27NO3/c1-5-11(10-16)12-7-6-8-15(9-12)13(17)18-14(2,3)4/h11-12,16H,5-10H2,1-4H3. The van der Waals surface area contributed by atoms with Crippen molar-refractivity contribution >= 4 is 6.09 Å². The first-order valence-electron chi connectivity index (χ1n) is 6.96. The van der Waals surface area contributed by atoms with Gasteiger partial charge in [-0.2, -0.15) is 0 Å². The van der Waals surface area contributed by atoms with E-state index in [2.05, 4.69) is 6.92 Å². The number of rotatable bonds is 3. The zero-order chi connectivity index (χ0) is 13.8. The summed E-state index contributed by atoms with van der Waals surface area (Å²) in [6.45, 7) is 9.44. The minimum atomic E-state index is -0.439. The van der Waals surface area contributed by atoms with Crippen LogP contribution in [0, 0.1) is 11.8 Å². The van der Waals surface area contributed by atoms with Gasteiger partial charge >= 0.3 is 6.09 Å². The molecule has 0 spiro atoms. The van der Waals surface area contributed by atoms with Gasteiger partial charge in [-0.3, -0.25) is 0 Å². The van der Waals surface area contributed by atoms with E-state index < -0.39 is 5.60 Å². The van der Waals surface area contributed by atoms with Crippen LogP contribution >= 0.6 is 0 Å². The summed E-state index contributed by atoms with van der Waals surface area (Å²) in [4.78, 5) is 13.8. The molecule has 106 valence electrons. The Kier molecular flexibility index (Phi) is 5.45. The summed E-state index contributed by atoms with van der Waals surface area (Å²) < 4.78 is 5.40. The van der Waals surface area contributed by atoms with Crippen LogP contribution in [0.25, 0.3) is 0 Å². The van der Waals surface area contributed by atoms with E-state index >= 15 is 0 Å². The molecule has 0 radical (unpaired) electrons. The topological polar surface area (TPSA) is 49.8 Å². The lowest BCUT2D eigenvalue weighted by Crippen LogP contribution is -2.44. The lowest BCUT2D eigenvalue weighted by atomic mass is 9.84. The van der Waals surface area contributed by atoms with Crippen LogP contribution in [0.3, 0.4) is 0 Å². The van der Waals surface area contributed by atoms with Gasteiger partial charge in [0.25, 0.3) is 0 Å². The molecular weight excluding hydrogens is 230 g/mol. The smallest absolute Gasteiger partial charge is 0.410 e. The summed E-state index contributed by atoms with van der Waals surface area (Å²) in [5.41, 5.74) is -0.439. The first-order chi connectivity index (χ1) is 8.37. The van der Waals surface area contributed by atoms with Crippen LogP contribution in [0.5, 0.6) is 0 Å². The Labute approximate surface area is 110 Å². The first-order valence-corrected chi connectivity index (χ1v) is 6.96. The number of aliphatic hydroxyl groups is 1. The molecule has 0 aromatic rings. The highest BCUT2D eigenvalue weighted by Gasteiger charge is 2.30. The molecule has 1 N–H and O–H groups in total. The van der Waals surface area contributed by atoms with Gasteiger partial charge in [0.2, 0.25) is 0 Å². The van der Waals surface area contributed by atoms with Crippen molar-refractivity contribution in [3.63, 3.8) is 0 Å². The van der Waals surface area contributed by atoms with Crippen molar-refractivity contribution in [1.82, 2.24) is 4.90 Å². The summed E-state index contributed by atoms with van der Waals surface area (Å²) in [7, 11) is 0. The molecule has 0 bridgehead atoms. The second kappa shape index (κ2) is 6.41. The van der Waals surface area contributed by atoms with Gasteiger partial charge in [-0.05, 0) is 45.4 Å². The largest absolute Gasteiger partial charge is 0.444 e. The van der Waals surface area contributed by atoms with E-state index in [1.54, 1.807) is 4.90 Å². The van der Waals surface area contributed by atoms with E-state index in [-0.39, 0.29) is 12.7 Å². The average Bonchev–Trinajstić information content (AvgIpc) is 2.29. The van der Waals surface area contributed by atoms with Gasteiger partial charge in [0.15, 0.2) is 0 Å². The molecule has 0 aliphatic carbocycles. The summed E-state index contributed by atoms with van der Waals surface area (Å²) in [6, 6.07) is 0. The minimum Gasteiger partial charge on any atom is -0.444 e. The van der Waals surface area contributed by atoms with Crippen molar-refractivity contribution in [2.45, 2.75) is 52.6 Å². The van der Waals surface area contributed by atoms with Gasteiger partial charge in [0.05, 0.1) is 0 Å². The third-order valence-electron chi connectivity index (χ3n) is 3.54. The summed E-state index contributed by atoms with van der Waals surface area (Å²) in [6.07, 6.45) is 2.84. The molecule has 4 nitrogen and oxygen atoms in total. The highest BCUT2D eigenvalue weighted by atomic mass is 16.6.